The van der Waals surface area contributed by atoms with E-state index < -0.39 is 0 Å². The number of rotatable bonds is 5. The van der Waals surface area contributed by atoms with Gasteiger partial charge in [-0.1, -0.05) is 24.3 Å². The highest BCUT2D eigenvalue weighted by molar-refractivity contribution is 7.22. The van der Waals surface area contributed by atoms with Crippen molar-refractivity contribution >= 4 is 55.5 Å². The maximum atomic E-state index is 12.1. The average molecular weight is 345 g/mol. The number of thiazole rings is 1. The van der Waals surface area contributed by atoms with Crippen LogP contribution in [0.2, 0.25) is 0 Å². The molecule has 7 heteroatoms. The Kier molecular flexibility index (Phi) is 4.68. The number of amides is 2. The standard InChI is InChI=1S/C16H15N3O2S2/c1-2-4-14(20)19-16-18-11-9-10(6-7-12(11)23-16)17-15(21)13-5-3-8-22-13/h3,5-9H,2,4H2,1H3,(H,17,21)(H,18,19,20). The molecule has 0 saturated heterocycles. The van der Waals surface area contributed by atoms with Crippen molar-refractivity contribution in [3.05, 3.63) is 40.6 Å². The van der Waals surface area contributed by atoms with Crippen LogP contribution in [-0.2, 0) is 4.79 Å². The molecule has 0 radical (unpaired) electrons. The number of thiophene rings is 1. The minimum absolute atomic E-state index is 0.0298. The summed E-state index contributed by atoms with van der Waals surface area (Å²) in [5.41, 5.74) is 1.44. The lowest BCUT2D eigenvalue weighted by molar-refractivity contribution is -0.116. The summed E-state index contributed by atoms with van der Waals surface area (Å²) in [6.45, 7) is 1.96. The van der Waals surface area contributed by atoms with Gasteiger partial charge in [0.15, 0.2) is 5.13 Å². The van der Waals surface area contributed by atoms with Crippen molar-refractivity contribution in [2.75, 3.05) is 10.6 Å². The molecule has 0 atom stereocenters. The predicted octanol–water partition coefficient (Wildman–Crippen LogP) is 4.35. The highest BCUT2D eigenvalue weighted by Crippen LogP contribution is 2.28. The molecule has 0 bridgehead atoms. The van der Waals surface area contributed by atoms with Crippen molar-refractivity contribution in [1.82, 2.24) is 4.98 Å². The summed E-state index contributed by atoms with van der Waals surface area (Å²) in [5, 5.41) is 8.10. The highest BCUT2D eigenvalue weighted by Gasteiger charge is 2.10. The van der Waals surface area contributed by atoms with Crippen LogP contribution < -0.4 is 10.6 Å². The number of aromatic nitrogens is 1. The molecule has 23 heavy (non-hydrogen) atoms. The molecule has 5 nitrogen and oxygen atoms in total. The first-order valence-corrected chi connectivity index (χ1v) is 8.90. The smallest absolute Gasteiger partial charge is 0.265 e. The van der Waals surface area contributed by atoms with Crippen LogP contribution >= 0.6 is 22.7 Å². The van der Waals surface area contributed by atoms with Crippen LogP contribution in [-0.4, -0.2) is 16.8 Å². The minimum atomic E-state index is -0.133. The van der Waals surface area contributed by atoms with E-state index in [1.807, 2.05) is 36.6 Å². The fraction of sp³-hybridized carbons (Fsp3) is 0.188. The molecule has 0 aliphatic carbocycles. The number of anilines is 2. The zero-order valence-corrected chi connectivity index (χ0v) is 14.1. The average Bonchev–Trinajstić information content (AvgIpc) is 3.15. The first-order valence-electron chi connectivity index (χ1n) is 7.21. The van der Waals surface area contributed by atoms with Gasteiger partial charge in [-0.25, -0.2) is 4.98 Å². The number of nitrogens with zero attached hydrogens (tertiary/aromatic N) is 1. The van der Waals surface area contributed by atoms with Crippen LogP contribution in [0.1, 0.15) is 29.4 Å². The fourth-order valence-electron chi connectivity index (χ4n) is 2.07. The van der Waals surface area contributed by atoms with Gasteiger partial charge in [0.2, 0.25) is 5.91 Å². The van der Waals surface area contributed by atoms with Crippen LogP contribution in [0.15, 0.2) is 35.7 Å². The molecule has 1 aromatic carbocycles. The highest BCUT2D eigenvalue weighted by atomic mass is 32.1. The molecule has 0 unspecified atom stereocenters. The van der Waals surface area contributed by atoms with Gasteiger partial charge in [-0.15, -0.1) is 11.3 Å². The van der Waals surface area contributed by atoms with E-state index in [2.05, 4.69) is 15.6 Å². The molecule has 0 spiro atoms. The van der Waals surface area contributed by atoms with Crippen molar-refractivity contribution in [2.24, 2.45) is 0 Å². The van der Waals surface area contributed by atoms with Crippen molar-refractivity contribution in [1.29, 1.82) is 0 Å². The second-order valence-corrected chi connectivity index (χ2v) is 6.91. The quantitative estimate of drug-likeness (QED) is 0.722. The van der Waals surface area contributed by atoms with E-state index in [4.69, 9.17) is 0 Å². The Hall–Kier alpha value is -2.25. The third kappa shape index (κ3) is 3.75. The second-order valence-electron chi connectivity index (χ2n) is 4.93. The lowest BCUT2D eigenvalue weighted by atomic mass is 10.3. The third-order valence-electron chi connectivity index (χ3n) is 3.11. The van der Waals surface area contributed by atoms with Gasteiger partial charge in [-0.3, -0.25) is 9.59 Å². The first kappa shape index (κ1) is 15.6. The molecule has 0 aliphatic rings. The number of hydrogen-bond acceptors (Lipinski definition) is 5. The van der Waals surface area contributed by atoms with E-state index in [0.717, 1.165) is 16.6 Å². The lowest BCUT2D eigenvalue weighted by Crippen LogP contribution is -2.10. The van der Waals surface area contributed by atoms with Crippen LogP contribution in [0.25, 0.3) is 10.2 Å². The van der Waals surface area contributed by atoms with Crippen molar-refractivity contribution in [3.8, 4) is 0 Å². The van der Waals surface area contributed by atoms with Crippen molar-refractivity contribution < 1.29 is 9.59 Å². The topological polar surface area (TPSA) is 71.1 Å². The maximum Gasteiger partial charge on any atom is 0.265 e. The molecular weight excluding hydrogens is 330 g/mol. The van der Waals surface area contributed by atoms with Crippen LogP contribution in [0.3, 0.4) is 0 Å². The number of carbonyl (C=O) groups is 2. The number of fused-ring (bicyclic) bond motifs is 1. The molecule has 118 valence electrons. The third-order valence-corrected chi connectivity index (χ3v) is 4.93. The van der Waals surface area contributed by atoms with Gasteiger partial charge in [0.05, 0.1) is 15.1 Å². The molecule has 2 heterocycles. The molecule has 0 aliphatic heterocycles. The van der Waals surface area contributed by atoms with E-state index in [-0.39, 0.29) is 11.8 Å². The van der Waals surface area contributed by atoms with E-state index in [1.165, 1.54) is 22.7 Å². The monoisotopic (exact) mass is 345 g/mol. The summed E-state index contributed by atoms with van der Waals surface area (Å²) < 4.78 is 0.964. The Bertz CT molecular complexity index is 840. The Balaban J connectivity index is 1.76. The van der Waals surface area contributed by atoms with E-state index in [0.29, 0.717) is 22.1 Å². The second kappa shape index (κ2) is 6.89. The summed E-state index contributed by atoms with van der Waals surface area (Å²) in [5.74, 6) is -0.163. The summed E-state index contributed by atoms with van der Waals surface area (Å²) >= 11 is 2.82. The van der Waals surface area contributed by atoms with Crippen LogP contribution in [0, 0.1) is 0 Å². The van der Waals surface area contributed by atoms with Crippen LogP contribution in [0.4, 0.5) is 10.8 Å². The molecule has 3 rings (SSSR count). The number of nitrogens with one attached hydrogen (secondary N) is 2. The van der Waals surface area contributed by atoms with Gasteiger partial charge >= 0.3 is 0 Å². The van der Waals surface area contributed by atoms with E-state index in [1.54, 1.807) is 6.07 Å². The Morgan fingerprint density at radius 2 is 2.09 bits per heavy atom. The van der Waals surface area contributed by atoms with E-state index in [9.17, 15) is 9.59 Å². The summed E-state index contributed by atoms with van der Waals surface area (Å²) in [7, 11) is 0. The summed E-state index contributed by atoms with van der Waals surface area (Å²) in [6, 6.07) is 9.17. The number of carbonyl (C=O) groups excluding carboxylic acids is 2. The van der Waals surface area contributed by atoms with Gasteiger partial charge in [0.1, 0.15) is 0 Å². The van der Waals surface area contributed by atoms with Crippen molar-refractivity contribution in [2.45, 2.75) is 19.8 Å². The number of benzene rings is 1. The van der Waals surface area contributed by atoms with Crippen molar-refractivity contribution in [3.63, 3.8) is 0 Å². The zero-order chi connectivity index (χ0) is 16.2. The molecule has 0 fully saturated rings. The van der Waals surface area contributed by atoms with E-state index >= 15 is 0 Å². The maximum absolute atomic E-state index is 12.1. The molecular formula is C16H15N3O2S2. The Morgan fingerprint density at radius 3 is 2.83 bits per heavy atom. The van der Waals surface area contributed by atoms with Gasteiger partial charge in [-0.05, 0) is 36.1 Å². The largest absolute Gasteiger partial charge is 0.321 e. The molecule has 2 aromatic heterocycles. The fourth-order valence-corrected chi connectivity index (χ4v) is 3.55. The van der Waals surface area contributed by atoms with Gasteiger partial charge in [0, 0.05) is 12.1 Å². The Morgan fingerprint density at radius 1 is 1.22 bits per heavy atom. The first-order chi connectivity index (χ1) is 11.2. The SMILES string of the molecule is CCCC(=O)Nc1nc2cc(NC(=O)c3cccs3)ccc2s1. The number of hydrogen-bond donors (Lipinski definition) is 2. The van der Waals surface area contributed by atoms with Gasteiger partial charge in [-0.2, -0.15) is 0 Å². The predicted molar refractivity (Wildman–Crippen MR) is 95.4 cm³/mol. The van der Waals surface area contributed by atoms with Crippen LogP contribution in [0.5, 0.6) is 0 Å². The molecule has 0 saturated carbocycles. The normalized spacial score (nSPS) is 10.7. The lowest BCUT2D eigenvalue weighted by Gasteiger charge is -2.02. The molecule has 3 aromatic rings. The van der Waals surface area contributed by atoms with Gasteiger partial charge < -0.3 is 10.6 Å². The molecule has 2 N–H and O–H groups in total. The molecule has 2 amide bonds. The summed E-state index contributed by atoms with van der Waals surface area (Å²) in [4.78, 5) is 28.8. The van der Waals surface area contributed by atoms with Gasteiger partial charge in [0.25, 0.3) is 5.91 Å². The minimum Gasteiger partial charge on any atom is -0.321 e. The zero-order valence-electron chi connectivity index (χ0n) is 12.5. The summed E-state index contributed by atoms with van der Waals surface area (Å²) in [6.07, 6.45) is 1.29. The Labute approximate surface area is 141 Å².